The molecule has 0 spiro atoms. The summed E-state index contributed by atoms with van der Waals surface area (Å²) in [6, 6.07) is 8.71. The SMILES string of the molecule is O=C(O)C1CCCN(C(=O)NCCS(=O)(=O)NCc2ccccc2)C1. The molecule has 9 heteroatoms. The van der Waals surface area contributed by atoms with Gasteiger partial charge in [0, 0.05) is 26.2 Å². The minimum Gasteiger partial charge on any atom is -0.481 e. The number of nitrogens with zero attached hydrogens (tertiary/aromatic N) is 1. The highest BCUT2D eigenvalue weighted by atomic mass is 32.2. The van der Waals surface area contributed by atoms with Crippen molar-refractivity contribution < 1.29 is 23.1 Å². The van der Waals surface area contributed by atoms with Crippen LogP contribution in [-0.2, 0) is 21.4 Å². The fourth-order valence-corrected chi connectivity index (χ4v) is 3.53. The van der Waals surface area contributed by atoms with Crippen molar-refractivity contribution in [1.29, 1.82) is 0 Å². The molecule has 0 bridgehead atoms. The van der Waals surface area contributed by atoms with Crippen molar-refractivity contribution in [2.24, 2.45) is 5.92 Å². The van der Waals surface area contributed by atoms with Crippen LogP contribution in [0.5, 0.6) is 0 Å². The van der Waals surface area contributed by atoms with Crippen molar-refractivity contribution in [3.8, 4) is 0 Å². The van der Waals surface area contributed by atoms with Gasteiger partial charge >= 0.3 is 12.0 Å². The lowest BCUT2D eigenvalue weighted by atomic mass is 9.99. The molecule has 2 amide bonds. The number of amides is 2. The molecule has 1 saturated heterocycles. The third-order valence-electron chi connectivity index (χ3n) is 4.04. The first-order chi connectivity index (χ1) is 11.9. The monoisotopic (exact) mass is 369 g/mol. The van der Waals surface area contributed by atoms with Crippen molar-refractivity contribution >= 4 is 22.0 Å². The summed E-state index contributed by atoms with van der Waals surface area (Å²) in [6.07, 6.45) is 1.18. The van der Waals surface area contributed by atoms with E-state index in [0.717, 1.165) is 5.56 Å². The van der Waals surface area contributed by atoms with Gasteiger partial charge in [-0.3, -0.25) is 4.79 Å². The Morgan fingerprint density at radius 1 is 1.24 bits per heavy atom. The molecule has 138 valence electrons. The molecule has 1 unspecified atom stereocenters. The number of aliphatic carboxylic acids is 1. The first kappa shape index (κ1) is 19.2. The molecule has 1 aromatic carbocycles. The standard InChI is InChI=1S/C16H23N3O5S/c20-15(21)14-7-4-9-19(12-14)16(22)17-8-10-25(23,24)18-11-13-5-2-1-3-6-13/h1-3,5-6,14,18H,4,7-12H2,(H,17,22)(H,20,21). The highest BCUT2D eigenvalue weighted by molar-refractivity contribution is 7.89. The minimum atomic E-state index is -3.51. The molecule has 1 atom stereocenters. The zero-order valence-corrected chi connectivity index (χ0v) is 14.7. The topological polar surface area (TPSA) is 116 Å². The Hall–Kier alpha value is -2.13. The Kier molecular flexibility index (Phi) is 6.77. The van der Waals surface area contributed by atoms with Gasteiger partial charge in [-0.15, -0.1) is 0 Å². The lowest BCUT2D eigenvalue weighted by Crippen LogP contribution is -2.48. The summed E-state index contributed by atoms with van der Waals surface area (Å²) in [4.78, 5) is 24.5. The molecule has 1 aliphatic rings. The molecule has 25 heavy (non-hydrogen) atoms. The number of likely N-dealkylation sites (tertiary alicyclic amines) is 1. The lowest BCUT2D eigenvalue weighted by Gasteiger charge is -2.30. The number of benzene rings is 1. The van der Waals surface area contributed by atoms with Gasteiger partial charge in [-0.1, -0.05) is 30.3 Å². The molecule has 1 heterocycles. The first-order valence-electron chi connectivity index (χ1n) is 8.14. The van der Waals surface area contributed by atoms with Crippen molar-refractivity contribution in [2.45, 2.75) is 19.4 Å². The number of hydrogen-bond donors (Lipinski definition) is 3. The van der Waals surface area contributed by atoms with E-state index in [9.17, 15) is 18.0 Å². The number of carboxylic acid groups (broad SMARTS) is 1. The quantitative estimate of drug-likeness (QED) is 0.651. The molecular formula is C16H23N3O5S. The second kappa shape index (κ2) is 8.82. The van der Waals surface area contributed by atoms with Crippen LogP contribution in [0.1, 0.15) is 18.4 Å². The van der Waals surface area contributed by atoms with Gasteiger partial charge in [0.15, 0.2) is 0 Å². The van der Waals surface area contributed by atoms with Crippen LogP contribution < -0.4 is 10.0 Å². The molecule has 1 aliphatic heterocycles. The summed E-state index contributed by atoms with van der Waals surface area (Å²) in [6.45, 7) is 0.801. The number of rotatable bonds is 7. The summed E-state index contributed by atoms with van der Waals surface area (Å²) in [5, 5.41) is 11.6. The average Bonchev–Trinajstić information content (AvgIpc) is 2.61. The van der Waals surface area contributed by atoms with E-state index in [1.54, 1.807) is 0 Å². The van der Waals surface area contributed by atoms with Crippen molar-refractivity contribution in [1.82, 2.24) is 14.9 Å². The van der Waals surface area contributed by atoms with Crippen LogP contribution in [0.15, 0.2) is 30.3 Å². The van der Waals surface area contributed by atoms with Gasteiger partial charge in [-0.05, 0) is 18.4 Å². The van der Waals surface area contributed by atoms with E-state index >= 15 is 0 Å². The summed E-state index contributed by atoms with van der Waals surface area (Å²) >= 11 is 0. The first-order valence-corrected chi connectivity index (χ1v) is 9.79. The van der Waals surface area contributed by atoms with Crippen LogP contribution in [0.3, 0.4) is 0 Å². The number of piperidine rings is 1. The number of nitrogens with one attached hydrogen (secondary N) is 2. The number of urea groups is 1. The maximum absolute atomic E-state index is 12.0. The van der Waals surface area contributed by atoms with E-state index < -0.39 is 27.9 Å². The van der Waals surface area contributed by atoms with Gasteiger partial charge in [0.1, 0.15) is 0 Å². The van der Waals surface area contributed by atoms with Crippen LogP contribution in [0.4, 0.5) is 4.79 Å². The van der Waals surface area contributed by atoms with Gasteiger partial charge in [0.2, 0.25) is 10.0 Å². The molecule has 0 aliphatic carbocycles. The third kappa shape index (κ3) is 6.35. The highest BCUT2D eigenvalue weighted by Gasteiger charge is 2.28. The number of sulfonamides is 1. The van der Waals surface area contributed by atoms with Crippen molar-refractivity contribution in [2.75, 3.05) is 25.4 Å². The average molecular weight is 369 g/mol. The van der Waals surface area contributed by atoms with Gasteiger partial charge in [0.25, 0.3) is 0 Å². The van der Waals surface area contributed by atoms with Gasteiger partial charge in [-0.25, -0.2) is 17.9 Å². The van der Waals surface area contributed by atoms with E-state index in [1.165, 1.54) is 4.90 Å². The smallest absolute Gasteiger partial charge is 0.317 e. The lowest BCUT2D eigenvalue weighted by molar-refractivity contribution is -0.143. The fraction of sp³-hybridized carbons (Fsp3) is 0.500. The second-order valence-corrected chi connectivity index (χ2v) is 7.91. The largest absolute Gasteiger partial charge is 0.481 e. The normalized spacial score (nSPS) is 17.9. The molecule has 2 rings (SSSR count). The molecule has 0 radical (unpaired) electrons. The Bertz CT molecular complexity index is 693. The summed E-state index contributed by atoms with van der Waals surface area (Å²) in [5.41, 5.74) is 0.850. The zero-order valence-electron chi connectivity index (χ0n) is 13.8. The summed E-state index contributed by atoms with van der Waals surface area (Å²) in [5.74, 6) is -1.71. The van der Waals surface area contributed by atoms with Crippen LogP contribution in [0, 0.1) is 5.92 Å². The Labute approximate surface area is 147 Å². The second-order valence-electron chi connectivity index (χ2n) is 5.98. The van der Waals surface area contributed by atoms with E-state index in [1.807, 2.05) is 30.3 Å². The molecule has 0 aromatic heterocycles. The third-order valence-corrected chi connectivity index (χ3v) is 5.37. The maximum atomic E-state index is 12.0. The summed E-state index contributed by atoms with van der Waals surface area (Å²) in [7, 11) is -3.51. The predicted octanol–water partition coefficient (Wildman–Crippen LogP) is 0.612. The molecule has 1 fully saturated rings. The zero-order chi connectivity index (χ0) is 18.3. The number of carbonyl (C=O) groups excluding carboxylic acids is 1. The van der Waals surface area contributed by atoms with E-state index in [-0.39, 0.29) is 25.4 Å². The van der Waals surface area contributed by atoms with Crippen LogP contribution in [0.25, 0.3) is 0 Å². The molecule has 1 aromatic rings. The Morgan fingerprint density at radius 2 is 1.96 bits per heavy atom. The predicted molar refractivity (Wildman–Crippen MR) is 92.4 cm³/mol. The van der Waals surface area contributed by atoms with Crippen LogP contribution in [0.2, 0.25) is 0 Å². The van der Waals surface area contributed by atoms with Crippen LogP contribution >= 0.6 is 0 Å². The van der Waals surface area contributed by atoms with E-state index in [4.69, 9.17) is 5.11 Å². The minimum absolute atomic E-state index is 0.0306. The van der Waals surface area contributed by atoms with Gasteiger partial charge in [-0.2, -0.15) is 0 Å². The van der Waals surface area contributed by atoms with Crippen molar-refractivity contribution in [3.05, 3.63) is 35.9 Å². The van der Waals surface area contributed by atoms with E-state index in [0.29, 0.717) is 19.4 Å². The molecule has 8 nitrogen and oxygen atoms in total. The summed E-state index contributed by atoms with van der Waals surface area (Å²) < 4.78 is 26.4. The highest BCUT2D eigenvalue weighted by Crippen LogP contribution is 2.16. The number of carbonyl (C=O) groups is 2. The van der Waals surface area contributed by atoms with Gasteiger partial charge in [0.05, 0.1) is 11.7 Å². The Balaban J connectivity index is 1.73. The Morgan fingerprint density at radius 3 is 2.64 bits per heavy atom. The fourth-order valence-electron chi connectivity index (χ4n) is 2.63. The maximum Gasteiger partial charge on any atom is 0.317 e. The van der Waals surface area contributed by atoms with Gasteiger partial charge < -0.3 is 15.3 Å². The molecule has 3 N–H and O–H groups in total. The number of carboxylic acids is 1. The number of hydrogen-bond acceptors (Lipinski definition) is 4. The molecular weight excluding hydrogens is 346 g/mol. The molecule has 0 saturated carbocycles. The van der Waals surface area contributed by atoms with Crippen molar-refractivity contribution in [3.63, 3.8) is 0 Å². The van der Waals surface area contributed by atoms with E-state index in [2.05, 4.69) is 10.0 Å². The van der Waals surface area contributed by atoms with Crippen LogP contribution in [-0.4, -0.2) is 55.8 Å².